The van der Waals surface area contributed by atoms with Gasteiger partial charge in [0.05, 0.1) is 33.9 Å². The summed E-state index contributed by atoms with van der Waals surface area (Å²) in [6.07, 6.45) is -3.57. The maximum atomic E-state index is 12.9. The number of aromatic nitrogens is 1. The van der Waals surface area contributed by atoms with Gasteiger partial charge in [0.2, 0.25) is 5.91 Å². The summed E-state index contributed by atoms with van der Waals surface area (Å²) < 4.78 is 61.9. The van der Waals surface area contributed by atoms with Crippen molar-refractivity contribution in [2.24, 2.45) is 0 Å². The normalized spacial score (nSPS) is 18.6. The summed E-state index contributed by atoms with van der Waals surface area (Å²) >= 11 is 6.80. The van der Waals surface area contributed by atoms with Crippen LogP contribution in [0.2, 0.25) is 5.02 Å². The largest absolute Gasteiger partial charge is 0.417 e. The lowest BCUT2D eigenvalue weighted by atomic mass is 10.2. The predicted octanol–water partition coefficient (Wildman–Crippen LogP) is 4.07. The minimum Gasteiger partial charge on any atom is -0.308 e. The first-order valence-corrected chi connectivity index (χ1v) is 11.7. The number of halogens is 4. The maximum absolute atomic E-state index is 12.9. The van der Waals surface area contributed by atoms with Gasteiger partial charge < -0.3 is 4.90 Å². The second kappa shape index (κ2) is 8.53. The number of anilines is 1. The average Bonchev–Trinajstić information content (AvgIpc) is 3.00. The highest BCUT2D eigenvalue weighted by Crippen LogP contribution is 2.34. The smallest absolute Gasteiger partial charge is 0.308 e. The molecular formula is C18H16ClF3N2O3S2. The number of carbonyl (C=O) groups excluding carboxylic acids is 1. The SMILES string of the molecule is O=C(CSc1ncc(C(F)(F)F)cc1Cl)N(c1ccccc1)C1CCS(=O)(=O)C1. The molecule has 0 aliphatic carbocycles. The monoisotopic (exact) mass is 464 g/mol. The van der Waals surface area contributed by atoms with Gasteiger partial charge in [0.25, 0.3) is 0 Å². The van der Waals surface area contributed by atoms with Gasteiger partial charge in [-0.3, -0.25) is 4.79 Å². The van der Waals surface area contributed by atoms with E-state index in [-0.39, 0.29) is 33.2 Å². The van der Waals surface area contributed by atoms with Gasteiger partial charge in [-0.05, 0) is 24.6 Å². The van der Waals surface area contributed by atoms with Crippen LogP contribution < -0.4 is 4.90 Å². The zero-order valence-electron chi connectivity index (χ0n) is 14.9. The molecule has 1 aromatic heterocycles. The van der Waals surface area contributed by atoms with Crippen molar-refractivity contribution in [3.05, 3.63) is 53.2 Å². The number of benzene rings is 1. The van der Waals surface area contributed by atoms with E-state index < -0.39 is 27.6 Å². The summed E-state index contributed by atoms with van der Waals surface area (Å²) in [6.45, 7) is 0. The van der Waals surface area contributed by atoms with E-state index in [1.165, 1.54) is 4.90 Å². The highest BCUT2D eigenvalue weighted by Gasteiger charge is 2.36. The van der Waals surface area contributed by atoms with E-state index in [1.54, 1.807) is 30.3 Å². The van der Waals surface area contributed by atoms with Crippen molar-refractivity contribution in [2.45, 2.75) is 23.7 Å². The van der Waals surface area contributed by atoms with Crippen molar-refractivity contribution >= 4 is 44.8 Å². The van der Waals surface area contributed by atoms with E-state index in [9.17, 15) is 26.4 Å². The Morgan fingerprint density at radius 2 is 1.97 bits per heavy atom. The summed E-state index contributed by atoms with van der Waals surface area (Å²) in [5.74, 6) is -0.643. The van der Waals surface area contributed by atoms with Gasteiger partial charge >= 0.3 is 6.18 Å². The van der Waals surface area contributed by atoms with Crippen LogP contribution in [0.4, 0.5) is 18.9 Å². The molecule has 3 rings (SSSR count). The van der Waals surface area contributed by atoms with Crippen LogP contribution in [0.5, 0.6) is 0 Å². The molecule has 1 amide bonds. The lowest BCUT2D eigenvalue weighted by Gasteiger charge is -2.28. The Morgan fingerprint density at radius 3 is 2.52 bits per heavy atom. The van der Waals surface area contributed by atoms with Crippen LogP contribution in [0.25, 0.3) is 0 Å². The van der Waals surface area contributed by atoms with Gasteiger partial charge in [-0.15, -0.1) is 0 Å². The Balaban J connectivity index is 1.77. The van der Waals surface area contributed by atoms with Gasteiger partial charge in [-0.2, -0.15) is 13.2 Å². The number of nitrogens with zero attached hydrogens (tertiary/aromatic N) is 2. The molecule has 0 radical (unpaired) electrons. The molecule has 1 fully saturated rings. The number of pyridine rings is 1. The number of carbonyl (C=O) groups is 1. The number of hydrogen-bond acceptors (Lipinski definition) is 5. The van der Waals surface area contributed by atoms with Crippen molar-refractivity contribution in [3.63, 3.8) is 0 Å². The highest BCUT2D eigenvalue weighted by molar-refractivity contribution is 8.00. The molecule has 11 heteroatoms. The van der Waals surface area contributed by atoms with E-state index in [1.807, 2.05) is 0 Å². The summed E-state index contributed by atoms with van der Waals surface area (Å²) in [4.78, 5) is 18.1. The van der Waals surface area contributed by atoms with Gasteiger partial charge in [0.1, 0.15) is 5.03 Å². The van der Waals surface area contributed by atoms with Crippen LogP contribution in [0.1, 0.15) is 12.0 Å². The van der Waals surface area contributed by atoms with Crippen LogP contribution in [0.3, 0.4) is 0 Å². The third-order valence-electron chi connectivity index (χ3n) is 4.34. The van der Waals surface area contributed by atoms with Crippen molar-refractivity contribution in [1.29, 1.82) is 0 Å². The molecule has 1 atom stereocenters. The number of alkyl halides is 3. The Bertz CT molecular complexity index is 1000. The van der Waals surface area contributed by atoms with Crippen LogP contribution in [-0.2, 0) is 20.8 Å². The zero-order chi connectivity index (χ0) is 21.2. The second-order valence-electron chi connectivity index (χ2n) is 6.45. The molecule has 1 saturated heterocycles. The minimum absolute atomic E-state index is 0.00765. The van der Waals surface area contributed by atoms with Crippen molar-refractivity contribution < 1.29 is 26.4 Å². The first kappa shape index (κ1) is 21.9. The summed E-state index contributed by atoms with van der Waals surface area (Å²) in [6, 6.07) is 8.93. The van der Waals surface area contributed by atoms with E-state index in [4.69, 9.17) is 11.6 Å². The Labute approximate surface area is 175 Å². The van der Waals surface area contributed by atoms with Crippen LogP contribution >= 0.6 is 23.4 Å². The fourth-order valence-electron chi connectivity index (χ4n) is 3.01. The zero-order valence-corrected chi connectivity index (χ0v) is 17.3. The third kappa shape index (κ3) is 5.43. The topological polar surface area (TPSA) is 67.3 Å². The fraction of sp³-hybridized carbons (Fsp3) is 0.333. The summed E-state index contributed by atoms with van der Waals surface area (Å²) in [5, 5.41) is -0.104. The van der Waals surface area contributed by atoms with E-state index in [2.05, 4.69) is 4.98 Å². The molecular weight excluding hydrogens is 449 g/mol. The first-order chi connectivity index (χ1) is 13.6. The van der Waals surface area contributed by atoms with Crippen LogP contribution in [0, 0.1) is 0 Å². The molecule has 0 bridgehead atoms. The van der Waals surface area contributed by atoms with Crippen molar-refractivity contribution in [2.75, 3.05) is 22.2 Å². The number of amides is 1. The van der Waals surface area contributed by atoms with E-state index >= 15 is 0 Å². The quantitative estimate of drug-likeness (QED) is 0.624. The van der Waals surface area contributed by atoms with Gasteiger partial charge in [-0.25, -0.2) is 13.4 Å². The van der Waals surface area contributed by atoms with Crippen LogP contribution in [-0.4, -0.2) is 42.6 Å². The fourth-order valence-corrected chi connectivity index (χ4v) is 5.77. The molecule has 0 N–H and O–H groups in total. The van der Waals surface area contributed by atoms with Crippen molar-refractivity contribution in [3.8, 4) is 0 Å². The Kier molecular flexibility index (Phi) is 6.45. The molecule has 2 aromatic rings. The molecule has 1 aromatic carbocycles. The molecule has 29 heavy (non-hydrogen) atoms. The maximum Gasteiger partial charge on any atom is 0.417 e. The lowest BCUT2D eigenvalue weighted by molar-refractivity contribution is -0.137. The van der Waals surface area contributed by atoms with Crippen LogP contribution in [0.15, 0.2) is 47.6 Å². The van der Waals surface area contributed by atoms with E-state index in [0.29, 0.717) is 18.3 Å². The molecule has 1 aliphatic heterocycles. The Morgan fingerprint density at radius 1 is 1.28 bits per heavy atom. The molecule has 1 aliphatic rings. The molecule has 0 spiro atoms. The Hall–Kier alpha value is -1.78. The number of rotatable bonds is 5. The second-order valence-corrected chi connectivity index (χ2v) is 10.1. The molecule has 2 heterocycles. The first-order valence-electron chi connectivity index (χ1n) is 8.50. The number of para-hydroxylation sites is 1. The predicted molar refractivity (Wildman–Crippen MR) is 106 cm³/mol. The summed E-state index contributed by atoms with van der Waals surface area (Å²) in [7, 11) is -3.22. The van der Waals surface area contributed by atoms with Crippen molar-refractivity contribution in [1.82, 2.24) is 4.98 Å². The number of hydrogen-bond donors (Lipinski definition) is 0. The minimum atomic E-state index is -4.56. The van der Waals surface area contributed by atoms with E-state index in [0.717, 1.165) is 17.8 Å². The van der Waals surface area contributed by atoms with Gasteiger partial charge in [0, 0.05) is 11.9 Å². The highest BCUT2D eigenvalue weighted by atomic mass is 35.5. The molecule has 156 valence electrons. The third-order valence-corrected chi connectivity index (χ3v) is 7.48. The number of sulfone groups is 1. The molecule has 0 saturated carbocycles. The average molecular weight is 465 g/mol. The van der Waals surface area contributed by atoms with Gasteiger partial charge in [0.15, 0.2) is 9.84 Å². The summed E-state index contributed by atoms with van der Waals surface area (Å²) in [5.41, 5.74) is -0.410. The lowest BCUT2D eigenvalue weighted by Crippen LogP contribution is -2.42. The standard InChI is InChI=1S/C18H16ClF3N2O3S2/c19-15-8-12(18(20,21)22)9-23-17(15)28-10-16(25)24(13-4-2-1-3-5-13)14-6-7-29(26,27)11-14/h1-5,8-9,14H,6-7,10-11H2. The molecule has 5 nitrogen and oxygen atoms in total. The molecule has 1 unspecified atom stereocenters. The van der Waals surface area contributed by atoms with Gasteiger partial charge in [-0.1, -0.05) is 41.6 Å². The number of thioether (sulfide) groups is 1.